The summed E-state index contributed by atoms with van der Waals surface area (Å²) in [6, 6.07) is 20.0. The number of benzene rings is 3. The summed E-state index contributed by atoms with van der Waals surface area (Å²) in [6.45, 7) is -0.564. The van der Waals surface area contributed by atoms with Gasteiger partial charge >= 0.3 is 0 Å². The highest BCUT2D eigenvalue weighted by Crippen LogP contribution is 2.32. The minimum Gasteiger partial charge on any atom is -0.495 e. The Hall–Kier alpha value is -4.08. The van der Waals surface area contributed by atoms with Gasteiger partial charge in [-0.2, -0.15) is 0 Å². The second-order valence-electron chi connectivity index (χ2n) is 7.80. The van der Waals surface area contributed by atoms with Crippen LogP contribution in [0.2, 0.25) is 5.02 Å². The largest absolute Gasteiger partial charge is 0.495 e. The molecule has 0 atom stereocenters. The van der Waals surface area contributed by atoms with Gasteiger partial charge in [-0.05, 0) is 71.9 Å². The summed E-state index contributed by atoms with van der Waals surface area (Å²) in [5.74, 6) is -0.259. The van der Waals surface area contributed by atoms with Gasteiger partial charge in [-0.25, -0.2) is 0 Å². The first-order chi connectivity index (χ1) is 17.8. The maximum Gasteiger partial charge on any atom is 0.293 e. The van der Waals surface area contributed by atoms with Crippen molar-refractivity contribution >= 4 is 58.0 Å². The van der Waals surface area contributed by atoms with E-state index in [1.54, 1.807) is 78.9 Å². The summed E-state index contributed by atoms with van der Waals surface area (Å²) in [4.78, 5) is 50.9. The van der Waals surface area contributed by atoms with Gasteiger partial charge in [-0.3, -0.25) is 24.1 Å². The van der Waals surface area contributed by atoms with Crippen LogP contribution < -0.4 is 14.8 Å². The minimum atomic E-state index is -0.536. The van der Waals surface area contributed by atoms with E-state index in [2.05, 4.69) is 5.32 Å². The highest BCUT2D eigenvalue weighted by atomic mass is 35.5. The molecular formula is C27H21ClN2O6S. The van der Waals surface area contributed by atoms with E-state index < -0.39 is 11.1 Å². The molecule has 1 heterocycles. The van der Waals surface area contributed by atoms with Gasteiger partial charge in [0.15, 0.2) is 12.4 Å². The lowest BCUT2D eigenvalue weighted by atomic mass is 10.1. The smallest absolute Gasteiger partial charge is 0.293 e. The van der Waals surface area contributed by atoms with Crippen molar-refractivity contribution in [3.63, 3.8) is 0 Å². The van der Waals surface area contributed by atoms with Gasteiger partial charge in [0.05, 0.1) is 24.2 Å². The van der Waals surface area contributed by atoms with Gasteiger partial charge in [0.2, 0.25) is 0 Å². The molecule has 3 amide bonds. The molecule has 1 N–H and O–H groups in total. The second-order valence-corrected chi connectivity index (χ2v) is 9.23. The maximum absolute atomic E-state index is 12.7. The Bertz CT molecular complexity index is 1370. The van der Waals surface area contributed by atoms with Crippen molar-refractivity contribution in [2.45, 2.75) is 0 Å². The zero-order valence-electron chi connectivity index (χ0n) is 19.6. The summed E-state index contributed by atoms with van der Waals surface area (Å²) in [6.07, 6.45) is 1.57. The van der Waals surface area contributed by atoms with Crippen LogP contribution in [-0.2, 0) is 9.59 Å². The molecule has 8 nitrogen and oxygen atoms in total. The average molecular weight is 537 g/mol. The molecule has 0 bridgehead atoms. The van der Waals surface area contributed by atoms with E-state index >= 15 is 0 Å². The van der Waals surface area contributed by atoms with E-state index in [1.807, 2.05) is 0 Å². The maximum atomic E-state index is 12.7. The third-order valence-electron chi connectivity index (χ3n) is 5.27. The number of carbonyl (C=O) groups is 4. The van der Waals surface area contributed by atoms with Crippen LogP contribution in [0.4, 0.5) is 10.5 Å². The summed E-state index contributed by atoms with van der Waals surface area (Å²) in [5, 5.41) is 2.70. The van der Waals surface area contributed by atoms with E-state index in [0.29, 0.717) is 33.3 Å². The van der Waals surface area contributed by atoms with Crippen LogP contribution in [0.5, 0.6) is 11.5 Å². The predicted molar refractivity (Wildman–Crippen MR) is 142 cm³/mol. The summed E-state index contributed by atoms with van der Waals surface area (Å²) in [5.41, 5.74) is 1.55. The lowest BCUT2D eigenvalue weighted by Crippen LogP contribution is -2.33. The minimum absolute atomic E-state index is 0.207. The highest BCUT2D eigenvalue weighted by Gasteiger charge is 2.36. The van der Waals surface area contributed by atoms with Crippen LogP contribution in [0, 0.1) is 0 Å². The molecule has 4 rings (SSSR count). The number of imide groups is 1. The van der Waals surface area contributed by atoms with Gasteiger partial charge in [0, 0.05) is 10.6 Å². The molecule has 3 aromatic carbocycles. The zero-order chi connectivity index (χ0) is 26.4. The lowest BCUT2D eigenvalue weighted by molar-refractivity contribution is -0.122. The number of thioether (sulfide) groups is 1. The second kappa shape index (κ2) is 11.8. The van der Waals surface area contributed by atoms with Crippen LogP contribution >= 0.6 is 23.4 Å². The first-order valence-electron chi connectivity index (χ1n) is 11.0. The molecule has 1 aliphatic rings. The van der Waals surface area contributed by atoms with Gasteiger partial charge in [-0.1, -0.05) is 35.9 Å². The van der Waals surface area contributed by atoms with E-state index in [9.17, 15) is 19.2 Å². The van der Waals surface area contributed by atoms with Crippen molar-refractivity contribution in [1.29, 1.82) is 0 Å². The quantitative estimate of drug-likeness (QED) is 0.293. The number of anilines is 1. The van der Waals surface area contributed by atoms with Gasteiger partial charge < -0.3 is 14.8 Å². The van der Waals surface area contributed by atoms with Crippen molar-refractivity contribution in [2.75, 3.05) is 25.6 Å². The van der Waals surface area contributed by atoms with Crippen molar-refractivity contribution in [3.05, 3.63) is 93.9 Å². The molecule has 1 fully saturated rings. The molecule has 0 radical (unpaired) electrons. The molecular weight excluding hydrogens is 516 g/mol. The number of carbonyl (C=O) groups excluding carboxylic acids is 4. The average Bonchev–Trinajstić information content (AvgIpc) is 3.16. The molecule has 0 aromatic heterocycles. The predicted octanol–water partition coefficient (Wildman–Crippen LogP) is 5.29. The topological polar surface area (TPSA) is 102 Å². The monoisotopic (exact) mass is 536 g/mol. The van der Waals surface area contributed by atoms with Crippen molar-refractivity contribution < 1.29 is 28.7 Å². The number of Topliss-reactive ketones (excluding diaryl/α,β-unsaturated/α-hetero) is 1. The van der Waals surface area contributed by atoms with Crippen LogP contribution in [0.25, 0.3) is 6.08 Å². The Balaban J connectivity index is 1.33. The Morgan fingerprint density at radius 3 is 2.41 bits per heavy atom. The first kappa shape index (κ1) is 26.0. The van der Waals surface area contributed by atoms with E-state index in [-0.39, 0.29) is 29.7 Å². The fraction of sp³-hybridized carbons (Fsp3) is 0.111. The van der Waals surface area contributed by atoms with Gasteiger partial charge in [0.1, 0.15) is 11.5 Å². The number of amides is 3. The number of ketones is 1. The van der Waals surface area contributed by atoms with Crippen LogP contribution in [0.1, 0.15) is 15.9 Å². The molecule has 10 heteroatoms. The number of nitrogens with one attached hydrogen (secondary N) is 1. The fourth-order valence-electron chi connectivity index (χ4n) is 3.40. The van der Waals surface area contributed by atoms with E-state index in [1.165, 1.54) is 7.11 Å². The molecule has 1 aliphatic heterocycles. The molecule has 37 heavy (non-hydrogen) atoms. The van der Waals surface area contributed by atoms with Gasteiger partial charge in [0.25, 0.3) is 17.1 Å². The Morgan fingerprint density at radius 1 is 1.00 bits per heavy atom. The van der Waals surface area contributed by atoms with Crippen molar-refractivity contribution in [3.8, 4) is 11.5 Å². The normalized spacial score (nSPS) is 14.1. The number of rotatable bonds is 9. The third-order valence-corrected chi connectivity index (χ3v) is 6.43. The third kappa shape index (κ3) is 6.58. The zero-order valence-corrected chi connectivity index (χ0v) is 21.2. The number of ether oxygens (including phenoxy) is 2. The van der Waals surface area contributed by atoms with E-state index in [0.717, 1.165) is 16.7 Å². The molecule has 0 saturated carbocycles. The molecule has 188 valence electrons. The molecule has 0 spiro atoms. The standard InChI is InChI=1S/C27H21ClN2O6S/c1-35-23-5-3-2-4-21(23)29-25(32)16-36-20-12-6-17(7-13-20)14-24-26(33)30(27(34)37-24)15-22(31)18-8-10-19(28)11-9-18/h2-14H,15-16H2,1H3,(H,29,32)/b24-14-. The molecule has 3 aromatic rings. The fourth-order valence-corrected chi connectivity index (χ4v) is 4.37. The number of hydrogen-bond donors (Lipinski definition) is 1. The number of nitrogens with zero attached hydrogens (tertiary/aromatic N) is 1. The SMILES string of the molecule is COc1ccccc1NC(=O)COc1ccc(/C=C2\SC(=O)N(CC(=O)c3ccc(Cl)cc3)C2=O)cc1. The number of halogens is 1. The van der Waals surface area contributed by atoms with Crippen molar-refractivity contribution in [2.24, 2.45) is 0 Å². The summed E-state index contributed by atoms with van der Waals surface area (Å²) < 4.78 is 10.7. The van der Waals surface area contributed by atoms with Crippen LogP contribution in [0.15, 0.2) is 77.7 Å². The number of hydrogen-bond acceptors (Lipinski definition) is 7. The summed E-state index contributed by atoms with van der Waals surface area (Å²) >= 11 is 6.61. The summed E-state index contributed by atoms with van der Waals surface area (Å²) in [7, 11) is 1.52. The Kier molecular flexibility index (Phi) is 8.27. The highest BCUT2D eigenvalue weighted by molar-refractivity contribution is 8.18. The molecule has 0 unspecified atom stereocenters. The Labute approximate surface area is 222 Å². The molecule has 0 aliphatic carbocycles. The number of methoxy groups -OCH3 is 1. The van der Waals surface area contributed by atoms with Gasteiger partial charge in [-0.15, -0.1) is 0 Å². The number of para-hydroxylation sites is 2. The van der Waals surface area contributed by atoms with Crippen molar-refractivity contribution in [1.82, 2.24) is 4.90 Å². The lowest BCUT2D eigenvalue weighted by Gasteiger charge is -2.11. The van der Waals surface area contributed by atoms with Crippen LogP contribution in [-0.4, -0.2) is 48.0 Å². The van der Waals surface area contributed by atoms with E-state index in [4.69, 9.17) is 21.1 Å². The van der Waals surface area contributed by atoms with Crippen LogP contribution in [0.3, 0.4) is 0 Å². The molecule has 1 saturated heterocycles. The first-order valence-corrected chi connectivity index (χ1v) is 12.2. The Morgan fingerprint density at radius 2 is 1.70 bits per heavy atom.